The Morgan fingerprint density at radius 2 is 1.68 bits per heavy atom. The lowest BCUT2D eigenvalue weighted by Gasteiger charge is -2.13. The summed E-state index contributed by atoms with van der Waals surface area (Å²) < 4.78 is 18.4. The summed E-state index contributed by atoms with van der Waals surface area (Å²) in [4.78, 5) is 0. The molecule has 0 saturated carbocycles. The molecule has 100 valence electrons. The van der Waals surface area contributed by atoms with Gasteiger partial charge < -0.3 is 9.84 Å². The van der Waals surface area contributed by atoms with Gasteiger partial charge in [0.2, 0.25) is 0 Å². The van der Waals surface area contributed by atoms with Gasteiger partial charge in [-0.3, -0.25) is 0 Å². The molecule has 5 heteroatoms. The zero-order valence-electron chi connectivity index (χ0n) is 10.0. The Balaban J connectivity index is 2.38. The minimum absolute atomic E-state index is 0.125. The number of halogens is 3. The van der Waals surface area contributed by atoms with E-state index in [9.17, 15) is 9.50 Å². The fourth-order valence-electron chi connectivity index (χ4n) is 1.78. The summed E-state index contributed by atoms with van der Waals surface area (Å²) >= 11 is 11.7. The molecule has 0 aromatic heterocycles. The average molecular weight is 301 g/mol. The molecule has 2 aromatic rings. The molecule has 0 aliphatic carbocycles. The second-order valence-corrected chi connectivity index (χ2v) is 4.87. The smallest absolute Gasteiger partial charge is 0.165 e. The average Bonchev–Trinajstić information content (AvgIpc) is 2.36. The van der Waals surface area contributed by atoms with Crippen molar-refractivity contribution >= 4 is 23.2 Å². The molecule has 0 spiro atoms. The molecule has 0 radical (unpaired) electrons. The van der Waals surface area contributed by atoms with Gasteiger partial charge in [0.1, 0.15) is 6.10 Å². The number of rotatable bonds is 3. The molecule has 2 aromatic carbocycles. The third-order valence-corrected chi connectivity index (χ3v) is 3.13. The molecule has 0 amide bonds. The molecule has 2 rings (SSSR count). The van der Waals surface area contributed by atoms with Crippen LogP contribution in [0.5, 0.6) is 5.75 Å². The van der Waals surface area contributed by atoms with Crippen LogP contribution in [-0.4, -0.2) is 12.2 Å². The molecule has 1 N–H and O–H groups in total. The maximum atomic E-state index is 13.6. The molecular weight excluding hydrogens is 290 g/mol. The number of methoxy groups -OCH3 is 1. The fourth-order valence-corrected chi connectivity index (χ4v) is 2.32. The third kappa shape index (κ3) is 3.18. The molecule has 2 nitrogen and oxygen atoms in total. The van der Waals surface area contributed by atoms with Crippen LogP contribution in [0.3, 0.4) is 0 Å². The summed E-state index contributed by atoms with van der Waals surface area (Å²) in [6.07, 6.45) is -1.00. The number of benzene rings is 2. The van der Waals surface area contributed by atoms with Crippen molar-refractivity contribution in [3.8, 4) is 5.75 Å². The third-order valence-electron chi connectivity index (χ3n) is 2.69. The number of aliphatic hydroxyl groups is 1. The van der Waals surface area contributed by atoms with Crippen molar-refractivity contribution in [1.82, 2.24) is 0 Å². The Labute approximate surface area is 120 Å². The highest BCUT2D eigenvalue weighted by Crippen LogP contribution is 2.29. The molecule has 1 unspecified atom stereocenters. The van der Waals surface area contributed by atoms with Crippen molar-refractivity contribution in [2.24, 2.45) is 0 Å². The van der Waals surface area contributed by atoms with Gasteiger partial charge in [-0.1, -0.05) is 29.3 Å². The maximum Gasteiger partial charge on any atom is 0.165 e. The molecule has 1 atom stereocenters. The van der Waals surface area contributed by atoms with Gasteiger partial charge in [-0.25, -0.2) is 4.39 Å². The number of hydrogen-bond donors (Lipinski definition) is 1. The van der Waals surface area contributed by atoms with Crippen molar-refractivity contribution in [2.45, 2.75) is 6.10 Å². The largest absolute Gasteiger partial charge is 0.494 e. The second kappa shape index (κ2) is 5.78. The molecule has 0 heterocycles. The Morgan fingerprint density at radius 3 is 2.21 bits per heavy atom. The van der Waals surface area contributed by atoms with Crippen LogP contribution < -0.4 is 4.74 Å². The van der Waals surface area contributed by atoms with Crippen LogP contribution in [-0.2, 0) is 0 Å². The van der Waals surface area contributed by atoms with Crippen LogP contribution in [0.25, 0.3) is 0 Å². The summed E-state index contributed by atoms with van der Waals surface area (Å²) in [5.74, 6) is -0.410. The van der Waals surface area contributed by atoms with Crippen LogP contribution in [0.1, 0.15) is 17.2 Å². The number of hydrogen-bond acceptors (Lipinski definition) is 2. The predicted molar refractivity (Wildman–Crippen MR) is 73.5 cm³/mol. The lowest BCUT2D eigenvalue weighted by Crippen LogP contribution is -2.01. The minimum atomic E-state index is -1.00. The van der Waals surface area contributed by atoms with E-state index in [-0.39, 0.29) is 5.75 Å². The Bertz CT molecular complexity index is 582. The van der Waals surface area contributed by atoms with Gasteiger partial charge in [0.15, 0.2) is 11.6 Å². The van der Waals surface area contributed by atoms with Gasteiger partial charge in [-0.15, -0.1) is 0 Å². The first-order chi connectivity index (χ1) is 9.01. The fraction of sp³-hybridized carbons (Fsp3) is 0.143. The maximum absolute atomic E-state index is 13.6. The van der Waals surface area contributed by atoms with Crippen molar-refractivity contribution in [2.75, 3.05) is 7.11 Å². The quantitative estimate of drug-likeness (QED) is 0.919. The summed E-state index contributed by atoms with van der Waals surface area (Å²) in [6, 6.07) is 8.99. The van der Waals surface area contributed by atoms with E-state index in [2.05, 4.69) is 0 Å². The van der Waals surface area contributed by atoms with Gasteiger partial charge in [0, 0.05) is 10.0 Å². The highest BCUT2D eigenvalue weighted by atomic mass is 35.5. The van der Waals surface area contributed by atoms with E-state index < -0.39 is 11.9 Å². The molecule has 0 saturated heterocycles. The van der Waals surface area contributed by atoms with E-state index in [1.165, 1.54) is 19.2 Å². The van der Waals surface area contributed by atoms with E-state index in [4.69, 9.17) is 27.9 Å². The minimum Gasteiger partial charge on any atom is -0.494 e. The van der Waals surface area contributed by atoms with E-state index in [0.717, 1.165) is 0 Å². The lowest BCUT2D eigenvalue weighted by atomic mass is 10.0. The van der Waals surface area contributed by atoms with Gasteiger partial charge in [-0.05, 0) is 41.5 Å². The monoisotopic (exact) mass is 300 g/mol. The molecular formula is C14H11Cl2FO2. The summed E-state index contributed by atoms with van der Waals surface area (Å²) in [6.45, 7) is 0. The lowest BCUT2D eigenvalue weighted by molar-refractivity contribution is 0.219. The summed E-state index contributed by atoms with van der Waals surface area (Å²) in [7, 11) is 1.38. The van der Waals surface area contributed by atoms with E-state index in [1.54, 1.807) is 24.3 Å². The van der Waals surface area contributed by atoms with Crippen LogP contribution >= 0.6 is 23.2 Å². The topological polar surface area (TPSA) is 29.5 Å². The first-order valence-corrected chi connectivity index (χ1v) is 6.24. The molecule has 0 bridgehead atoms. The van der Waals surface area contributed by atoms with Gasteiger partial charge in [-0.2, -0.15) is 0 Å². The van der Waals surface area contributed by atoms with Gasteiger partial charge >= 0.3 is 0 Å². The second-order valence-electron chi connectivity index (χ2n) is 4.00. The normalized spacial score (nSPS) is 12.3. The Kier molecular flexibility index (Phi) is 4.30. The number of ether oxygens (including phenoxy) is 1. The van der Waals surface area contributed by atoms with E-state index in [0.29, 0.717) is 21.2 Å². The molecule has 19 heavy (non-hydrogen) atoms. The Morgan fingerprint density at radius 1 is 1.05 bits per heavy atom. The molecule has 0 aliphatic rings. The van der Waals surface area contributed by atoms with Crippen LogP contribution in [0.2, 0.25) is 10.0 Å². The predicted octanol–water partition coefficient (Wildman–Crippen LogP) is 4.22. The number of aliphatic hydroxyl groups excluding tert-OH is 1. The van der Waals surface area contributed by atoms with Crippen LogP contribution in [0.4, 0.5) is 4.39 Å². The zero-order chi connectivity index (χ0) is 14.0. The summed E-state index contributed by atoms with van der Waals surface area (Å²) in [5, 5.41) is 11.0. The first-order valence-electron chi connectivity index (χ1n) is 5.48. The van der Waals surface area contributed by atoms with E-state index >= 15 is 0 Å². The standard InChI is InChI=1S/C14H11Cl2FO2/c1-19-13-3-2-8(6-12(13)17)14(18)9-4-10(15)7-11(16)5-9/h2-7,14,18H,1H3. The molecule has 0 fully saturated rings. The van der Waals surface area contributed by atoms with Crippen LogP contribution in [0.15, 0.2) is 36.4 Å². The Hall–Kier alpha value is -1.29. The molecule has 0 aliphatic heterocycles. The highest BCUT2D eigenvalue weighted by molar-refractivity contribution is 6.34. The van der Waals surface area contributed by atoms with Crippen molar-refractivity contribution < 1.29 is 14.2 Å². The van der Waals surface area contributed by atoms with Crippen molar-refractivity contribution in [3.05, 3.63) is 63.4 Å². The summed E-state index contributed by atoms with van der Waals surface area (Å²) in [5.41, 5.74) is 0.902. The zero-order valence-corrected chi connectivity index (χ0v) is 11.5. The SMILES string of the molecule is COc1ccc(C(O)c2cc(Cl)cc(Cl)c2)cc1F. The first kappa shape index (κ1) is 14.1. The van der Waals surface area contributed by atoms with Gasteiger partial charge in [0.25, 0.3) is 0 Å². The van der Waals surface area contributed by atoms with Gasteiger partial charge in [0.05, 0.1) is 7.11 Å². The van der Waals surface area contributed by atoms with Crippen molar-refractivity contribution in [1.29, 1.82) is 0 Å². The highest BCUT2D eigenvalue weighted by Gasteiger charge is 2.14. The van der Waals surface area contributed by atoms with Crippen LogP contribution in [0, 0.1) is 5.82 Å². The van der Waals surface area contributed by atoms with E-state index in [1.807, 2.05) is 0 Å². The van der Waals surface area contributed by atoms with Crippen molar-refractivity contribution in [3.63, 3.8) is 0 Å².